The van der Waals surface area contributed by atoms with Crippen LogP contribution in [0.15, 0.2) is 67.8 Å². The van der Waals surface area contributed by atoms with Crippen molar-refractivity contribution in [3.63, 3.8) is 0 Å². The molecule has 3 fully saturated rings. The van der Waals surface area contributed by atoms with Crippen molar-refractivity contribution in [1.82, 2.24) is 4.90 Å². The van der Waals surface area contributed by atoms with E-state index < -0.39 is 22.6 Å². The van der Waals surface area contributed by atoms with E-state index in [0.717, 1.165) is 23.2 Å². The van der Waals surface area contributed by atoms with E-state index in [1.54, 1.807) is 33.7 Å². The third kappa shape index (κ3) is 5.27. The molecule has 2 bridgehead atoms. The minimum Gasteiger partial charge on any atom is -0.494 e. The number of aliphatic hydroxyl groups is 1. The summed E-state index contributed by atoms with van der Waals surface area (Å²) in [7, 11) is 0. The number of likely N-dealkylation sites (tertiary alicyclic amines) is 1. The third-order valence-electron chi connectivity index (χ3n) is 8.93. The molecule has 1 spiro atoms. The fourth-order valence-corrected chi connectivity index (χ4v) is 9.38. The number of carbonyl (C=O) groups is 3. The molecule has 3 saturated heterocycles. The Morgan fingerprint density at radius 1 is 1.09 bits per heavy atom. The van der Waals surface area contributed by atoms with Gasteiger partial charge in [0.1, 0.15) is 11.8 Å². The van der Waals surface area contributed by atoms with E-state index in [9.17, 15) is 19.5 Å². The van der Waals surface area contributed by atoms with Gasteiger partial charge in [0.25, 0.3) is 5.91 Å². The molecule has 2 aromatic carbocycles. The lowest BCUT2D eigenvalue weighted by Crippen LogP contribution is -2.55. The van der Waals surface area contributed by atoms with Crippen molar-refractivity contribution in [2.45, 2.75) is 49.7 Å². The van der Waals surface area contributed by atoms with Crippen LogP contribution in [0.25, 0.3) is 0 Å². The van der Waals surface area contributed by atoms with Crippen LogP contribution in [-0.2, 0) is 14.4 Å². The number of carbonyl (C=O) groups excluding carboxylic acids is 3. The van der Waals surface area contributed by atoms with Crippen LogP contribution in [0.3, 0.4) is 0 Å². The van der Waals surface area contributed by atoms with Gasteiger partial charge < -0.3 is 24.5 Å². The van der Waals surface area contributed by atoms with Crippen LogP contribution in [0.5, 0.6) is 5.75 Å². The van der Waals surface area contributed by atoms with Crippen LogP contribution in [0, 0.1) is 25.7 Å². The number of aliphatic hydroxyl groups excluding tert-OH is 1. The van der Waals surface area contributed by atoms with Crippen molar-refractivity contribution < 1.29 is 24.2 Å². The zero-order valence-corrected chi connectivity index (χ0v) is 26.0. The number of hydrogen-bond acceptors (Lipinski definition) is 6. The lowest BCUT2D eigenvalue weighted by molar-refractivity contribution is -0.139. The van der Waals surface area contributed by atoms with Gasteiger partial charge in [0.2, 0.25) is 11.8 Å². The average Bonchev–Trinajstić information content (AvgIpc) is 3.64. The predicted molar refractivity (Wildman–Crippen MR) is 172 cm³/mol. The molecule has 5 rings (SSSR count). The first kappa shape index (κ1) is 30.9. The number of anilines is 2. The van der Waals surface area contributed by atoms with E-state index in [1.165, 1.54) is 4.90 Å². The van der Waals surface area contributed by atoms with Gasteiger partial charge in [0.05, 0.1) is 29.8 Å². The highest BCUT2D eigenvalue weighted by Gasteiger charge is 2.74. The summed E-state index contributed by atoms with van der Waals surface area (Å²) in [6.07, 6.45) is 4.76. The molecule has 3 amide bonds. The van der Waals surface area contributed by atoms with Crippen LogP contribution in [-0.4, -0.2) is 76.6 Å². The van der Waals surface area contributed by atoms with E-state index in [0.29, 0.717) is 24.5 Å². The van der Waals surface area contributed by atoms with Gasteiger partial charge in [0.15, 0.2) is 0 Å². The van der Waals surface area contributed by atoms with Gasteiger partial charge in [0, 0.05) is 36.3 Å². The summed E-state index contributed by atoms with van der Waals surface area (Å²) in [6.45, 7) is 14.5. The second-order valence-electron chi connectivity index (χ2n) is 11.5. The molecule has 8 nitrogen and oxygen atoms in total. The fraction of sp³-hybridized carbons (Fsp3) is 0.441. The first-order valence-corrected chi connectivity index (χ1v) is 15.8. The number of nitrogens with zero attached hydrogens (tertiary/aromatic N) is 3. The topological polar surface area (TPSA) is 90.4 Å². The summed E-state index contributed by atoms with van der Waals surface area (Å²) in [5.41, 5.74) is 3.44. The SMILES string of the molecule is C=CCN(C(=O)[C@@H]1[C@H]2C(=O)N(CCO)C(C(=O)N(CC=C)c3cc(C)ccc3C)C23CC[C@H]1S3)c1ccc(OCC)cc1. The Kier molecular flexibility index (Phi) is 9.04. The number of amides is 3. The number of hydrogen-bond donors (Lipinski definition) is 1. The van der Waals surface area contributed by atoms with Gasteiger partial charge in [-0.1, -0.05) is 24.3 Å². The monoisotopic (exact) mass is 603 g/mol. The van der Waals surface area contributed by atoms with E-state index >= 15 is 0 Å². The quantitative estimate of drug-likeness (QED) is 0.359. The standard InChI is InChI=1S/C34H41N3O5S/c1-6-17-35(24-11-13-25(14-12-24)42-8-3)31(39)28-27-15-16-34(43-27)29(28)32(40)37(19-20-38)30(34)33(41)36(18-7-2)26-21-22(4)9-10-23(26)5/h6-7,9-14,21,27-30,38H,1-2,8,15-20H2,3-5H3/t27-,28+,29+,30?,34?/m1/s1. The molecule has 43 heavy (non-hydrogen) atoms. The molecule has 0 radical (unpaired) electrons. The van der Waals surface area contributed by atoms with Gasteiger partial charge in [-0.25, -0.2) is 0 Å². The minimum atomic E-state index is -0.803. The Bertz CT molecular complexity index is 1410. The highest BCUT2D eigenvalue weighted by molar-refractivity contribution is 8.02. The molecular weight excluding hydrogens is 562 g/mol. The highest BCUT2D eigenvalue weighted by atomic mass is 32.2. The second kappa shape index (κ2) is 12.6. The predicted octanol–water partition coefficient (Wildman–Crippen LogP) is 4.52. The molecule has 9 heteroatoms. The Balaban J connectivity index is 1.53. The van der Waals surface area contributed by atoms with Gasteiger partial charge in [-0.15, -0.1) is 24.9 Å². The summed E-state index contributed by atoms with van der Waals surface area (Å²) in [4.78, 5) is 48.2. The zero-order chi connectivity index (χ0) is 30.9. The molecule has 2 unspecified atom stereocenters. The summed E-state index contributed by atoms with van der Waals surface area (Å²) in [6, 6.07) is 12.5. The largest absolute Gasteiger partial charge is 0.494 e. The Labute approximate surface area is 258 Å². The number of β-amino-alcohol motifs (C(OH)–C–C–N with tert-alkyl or cyclic N) is 1. The van der Waals surface area contributed by atoms with Crippen molar-refractivity contribution in [1.29, 1.82) is 0 Å². The highest BCUT2D eigenvalue weighted by Crippen LogP contribution is 2.66. The molecule has 3 aliphatic rings. The molecule has 228 valence electrons. The number of benzene rings is 2. The van der Waals surface area contributed by atoms with Crippen molar-refractivity contribution in [2.75, 3.05) is 42.6 Å². The number of rotatable bonds is 12. The lowest BCUT2D eigenvalue weighted by Gasteiger charge is -2.38. The number of aryl methyl sites for hydroxylation is 2. The number of fused-ring (bicyclic) bond motifs is 1. The van der Waals surface area contributed by atoms with Gasteiger partial charge in [-0.3, -0.25) is 14.4 Å². The summed E-state index contributed by atoms with van der Waals surface area (Å²) >= 11 is 1.62. The third-order valence-corrected chi connectivity index (χ3v) is 10.9. The maximum atomic E-state index is 14.6. The van der Waals surface area contributed by atoms with Crippen LogP contribution in [0.4, 0.5) is 11.4 Å². The van der Waals surface area contributed by atoms with E-state index in [4.69, 9.17) is 4.74 Å². The maximum Gasteiger partial charge on any atom is 0.251 e. The van der Waals surface area contributed by atoms with Crippen LogP contribution < -0.4 is 14.5 Å². The van der Waals surface area contributed by atoms with Crippen LogP contribution in [0.1, 0.15) is 30.9 Å². The van der Waals surface area contributed by atoms with Crippen LogP contribution in [0.2, 0.25) is 0 Å². The molecule has 0 aromatic heterocycles. The summed E-state index contributed by atoms with van der Waals surface area (Å²) < 4.78 is 4.82. The van der Waals surface area contributed by atoms with Gasteiger partial charge >= 0.3 is 0 Å². The van der Waals surface area contributed by atoms with Crippen molar-refractivity contribution in [3.05, 3.63) is 78.9 Å². The lowest BCUT2D eigenvalue weighted by atomic mass is 9.70. The van der Waals surface area contributed by atoms with Crippen LogP contribution >= 0.6 is 11.8 Å². The smallest absolute Gasteiger partial charge is 0.251 e. The number of thioether (sulfide) groups is 1. The van der Waals surface area contributed by atoms with Crippen molar-refractivity contribution >= 4 is 40.9 Å². The summed E-state index contributed by atoms with van der Waals surface area (Å²) in [5, 5.41) is 9.93. The van der Waals surface area contributed by atoms with Gasteiger partial charge in [-0.05, 0) is 75.1 Å². The molecule has 0 aliphatic carbocycles. The first-order chi connectivity index (χ1) is 20.7. The molecule has 5 atom stereocenters. The normalized spacial score (nSPS) is 25.4. The van der Waals surface area contributed by atoms with Crippen molar-refractivity contribution in [3.8, 4) is 5.75 Å². The molecule has 3 heterocycles. The zero-order valence-electron chi connectivity index (χ0n) is 25.2. The second-order valence-corrected chi connectivity index (χ2v) is 13.1. The maximum absolute atomic E-state index is 14.6. The molecule has 0 saturated carbocycles. The van der Waals surface area contributed by atoms with E-state index in [2.05, 4.69) is 13.2 Å². The average molecular weight is 604 g/mol. The molecule has 1 N–H and O–H groups in total. The molecule has 2 aromatic rings. The fourth-order valence-electron chi connectivity index (χ4n) is 7.18. The molecular formula is C34H41N3O5S. The van der Waals surface area contributed by atoms with Gasteiger partial charge in [-0.2, -0.15) is 0 Å². The Hall–Kier alpha value is -3.56. The van der Waals surface area contributed by atoms with Crippen molar-refractivity contribution in [2.24, 2.45) is 11.8 Å². The molecule has 3 aliphatic heterocycles. The summed E-state index contributed by atoms with van der Waals surface area (Å²) in [5.74, 6) is -1.12. The Morgan fingerprint density at radius 2 is 1.79 bits per heavy atom. The Morgan fingerprint density at radius 3 is 2.44 bits per heavy atom. The van der Waals surface area contributed by atoms with E-state index in [1.807, 2.05) is 63.2 Å². The first-order valence-electron chi connectivity index (χ1n) is 15.0. The minimum absolute atomic E-state index is 0.0314. The van der Waals surface area contributed by atoms with E-state index in [-0.39, 0.29) is 49.2 Å². The number of ether oxygens (including phenoxy) is 1.